The zero-order valence-corrected chi connectivity index (χ0v) is 31.5. The molecular weight excluding hydrogens is 634 g/mol. The molecule has 2 aromatic rings. The van der Waals surface area contributed by atoms with Gasteiger partial charge in [-0.1, -0.05) is 53.5 Å². The van der Waals surface area contributed by atoms with Crippen LogP contribution in [-0.2, 0) is 11.2 Å². The minimum atomic E-state index is -1.00. The fourth-order valence-electron chi connectivity index (χ4n) is 6.01. The summed E-state index contributed by atoms with van der Waals surface area (Å²) >= 11 is 0. The largest absolute Gasteiger partial charge is 0.494 e. The number of fused-ring (bicyclic) bond motifs is 1. The number of ketones is 2. The predicted octanol–water partition coefficient (Wildman–Crippen LogP) is 9.23. The number of nitrogens with zero attached hydrogens (tertiary/aromatic N) is 2. The number of unbranched alkanes of at least 4 members (excludes halogenated alkanes) is 1. The Balaban J connectivity index is 0.000000323. The molecule has 2 aromatic carbocycles. The highest BCUT2D eigenvalue weighted by Crippen LogP contribution is 2.39. The lowest BCUT2D eigenvalue weighted by Crippen LogP contribution is -2.43. The van der Waals surface area contributed by atoms with Gasteiger partial charge in [0.15, 0.2) is 17.3 Å². The molecule has 0 aromatic heterocycles. The van der Waals surface area contributed by atoms with E-state index in [0.717, 1.165) is 54.6 Å². The minimum Gasteiger partial charge on any atom is -0.494 e. The summed E-state index contributed by atoms with van der Waals surface area (Å²) in [5.74, 6) is 0.154. The summed E-state index contributed by atoms with van der Waals surface area (Å²) in [6.45, 7) is 15.2. The highest BCUT2D eigenvalue weighted by atomic mass is 19.2. The first kappa shape index (κ1) is 40.6. The van der Waals surface area contributed by atoms with Crippen molar-refractivity contribution in [2.24, 2.45) is 22.7 Å². The van der Waals surface area contributed by atoms with Gasteiger partial charge in [0.25, 0.3) is 0 Å². The Bertz CT molecular complexity index is 1540. The number of rotatable bonds is 8. The molecule has 3 heterocycles. The first-order chi connectivity index (χ1) is 23.9. The van der Waals surface area contributed by atoms with Crippen molar-refractivity contribution in [2.75, 3.05) is 26.0 Å². The Kier molecular flexibility index (Phi) is 15.8. The van der Waals surface area contributed by atoms with Crippen LogP contribution in [0, 0.1) is 29.4 Å². The molecule has 0 radical (unpaired) electrons. The smallest absolute Gasteiger partial charge is 0.201 e. The van der Waals surface area contributed by atoms with E-state index in [1.807, 2.05) is 49.3 Å². The molecule has 2 fully saturated rings. The number of carbonyl (C=O) groups excluding carboxylic acids is 2. The SMILES string of the molecule is CC(=O)C1CCCN1.CC1CC1C.CCCC.CCc1cc(NC2C3=NC=C(c4ccc(OC)c(F)c4F)C3CC=CN2C)ccc1C(C)=O. The van der Waals surface area contributed by atoms with Gasteiger partial charge in [0, 0.05) is 36.0 Å². The van der Waals surface area contributed by atoms with Crippen LogP contribution in [0.4, 0.5) is 14.5 Å². The number of carbonyl (C=O) groups is 2. The minimum absolute atomic E-state index is 0.0377. The van der Waals surface area contributed by atoms with E-state index in [0.29, 0.717) is 17.6 Å². The Morgan fingerprint density at radius 2 is 1.72 bits per heavy atom. The lowest BCUT2D eigenvalue weighted by Gasteiger charge is -2.30. The van der Waals surface area contributed by atoms with E-state index >= 15 is 0 Å². The second-order valence-electron chi connectivity index (χ2n) is 13.7. The summed E-state index contributed by atoms with van der Waals surface area (Å²) in [5, 5.41) is 6.62. The number of methoxy groups -OCH3 is 1. The maximum Gasteiger partial charge on any atom is 0.201 e. The van der Waals surface area contributed by atoms with Crippen molar-refractivity contribution in [3.63, 3.8) is 0 Å². The van der Waals surface area contributed by atoms with Gasteiger partial charge >= 0.3 is 0 Å². The summed E-state index contributed by atoms with van der Waals surface area (Å²) in [6, 6.07) is 8.85. The zero-order chi connectivity index (χ0) is 37.0. The highest BCUT2D eigenvalue weighted by molar-refractivity contribution is 6.05. The second-order valence-corrected chi connectivity index (χ2v) is 13.7. The van der Waals surface area contributed by atoms with Crippen molar-refractivity contribution >= 4 is 28.5 Å². The van der Waals surface area contributed by atoms with E-state index < -0.39 is 11.6 Å². The maximum absolute atomic E-state index is 14.9. The number of benzene rings is 2. The number of aliphatic imine (C=N–C) groups is 1. The summed E-state index contributed by atoms with van der Waals surface area (Å²) in [5.41, 5.74) is 4.19. The average molecular weight is 693 g/mol. The fourth-order valence-corrected chi connectivity index (χ4v) is 6.01. The van der Waals surface area contributed by atoms with Gasteiger partial charge in [-0.3, -0.25) is 14.6 Å². The molecule has 1 saturated heterocycles. The van der Waals surface area contributed by atoms with Crippen LogP contribution in [-0.4, -0.2) is 55.1 Å². The van der Waals surface area contributed by atoms with Crippen LogP contribution < -0.4 is 15.4 Å². The topological polar surface area (TPSA) is 83.0 Å². The third kappa shape index (κ3) is 10.8. The van der Waals surface area contributed by atoms with E-state index in [2.05, 4.69) is 43.3 Å². The second kappa shape index (κ2) is 19.5. The van der Waals surface area contributed by atoms with E-state index in [1.54, 1.807) is 20.0 Å². The molecule has 1 saturated carbocycles. The Morgan fingerprint density at radius 1 is 1.04 bits per heavy atom. The predicted molar refractivity (Wildman–Crippen MR) is 202 cm³/mol. The summed E-state index contributed by atoms with van der Waals surface area (Å²) in [7, 11) is 3.25. The van der Waals surface area contributed by atoms with Crippen molar-refractivity contribution in [1.29, 1.82) is 0 Å². The van der Waals surface area contributed by atoms with Gasteiger partial charge in [-0.15, -0.1) is 0 Å². The molecule has 50 heavy (non-hydrogen) atoms. The van der Waals surface area contributed by atoms with Gasteiger partial charge < -0.3 is 20.3 Å². The van der Waals surface area contributed by atoms with Crippen LogP contribution >= 0.6 is 0 Å². The third-order valence-corrected chi connectivity index (χ3v) is 9.79. The van der Waals surface area contributed by atoms with E-state index in [9.17, 15) is 18.4 Å². The number of ether oxygens (including phenoxy) is 1. The molecule has 9 heteroatoms. The number of Topliss-reactive ketones (excluding diaryl/α,β-unsaturated/α-hetero) is 2. The standard InChI is InChI=1S/C26H27F2N3O2.C6H11NO.C5H10.C4H10/c1-5-16-13-17(8-9-18(16)15(2)32)30-26-25-20(7-6-12-31(26)3)21(14-29-25)19-10-11-22(33-4)24(28)23(19)27;1-5(8)6-3-2-4-7-6;1-4-3-5(4)2;1-3-4-2/h6,8-14,20,26,30H,5,7H2,1-4H3;6-7H,2-4H2,1H3;4-5H,3H2,1-2H3;3-4H2,1-2H3. The van der Waals surface area contributed by atoms with E-state index in [-0.39, 0.29) is 41.0 Å². The Morgan fingerprint density at radius 3 is 2.22 bits per heavy atom. The van der Waals surface area contributed by atoms with Crippen LogP contribution in [0.5, 0.6) is 5.75 Å². The number of hydrogen-bond donors (Lipinski definition) is 2. The molecule has 0 amide bonds. The molecule has 0 spiro atoms. The van der Waals surface area contributed by atoms with Crippen molar-refractivity contribution in [2.45, 2.75) is 106 Å². The highest BCUT2D eigenvalue weighted by Gasteiger charge is 2.36. The summed E-state index contributed by atoms with van der Waals surface area (Å²) in [4.78, 5) is 29.1. The van der Waals surface area contributed by atoms with Crippen molar-refractivity contribution < 1.29 is 23.1 Å². The molecule has 2 N–H and O–H groups in total. The normalized spacial score (nSPS) is 22.9. The number of hydrogen-bond acceptors (Lipinski definition) is 7. The molecule has 6 rings (SSSR count). The number of nitrogens with one attached hydrogen (secondary N) is 2. The molecule has 3 aliphatic heterocycles. The van der Waals surface area contributed by atoms with Crippen LogP contribution in [0.25, 0.3) is 5.57 Å². The quantitative estimate of drug-likeness (QED) is 0.269. The van der Waals surface area contributed by atoms with Gasteiger partial charge in [-0.25, -0.2) is 4.39 Å². The first-order valence-electron chi connectivity index (χ1n) is 18.2. The molecule has 274 valence electrons. The molecule has 7 nitrogen and oxygen atoms in total. The molecule has 5 atom stereocenters. The molecule has 5 unspecified atom stereocenters. The van der Waals surface area contributed by atoms with Crippen LogP contribution in [0.3, 0.4) is 0 Å². The average Bonchev–Trinajstić information content (AvgIpc) is 3.45. The van der Waals surface area contributed by atoms with Gasteiger partial charge in [0.2, 0.25) is 5.82 Å². The number of allylic oxidation sites excluding steroid dienone is 2. The lowest BCUT2D eigenvalue weighted by molar-refractivity contribution is -0.118. The summed E-state index contributed by atoms with van der Waals surface area (Å²) in [6.07, 6.45) is 13.0. The van der Waals surface area contributed by atoms with Crippen molar-refractivity contribution in [3.8, 4) is 5.75 Å². The van der Waals surface area contributed by atoms with Crippen LogP contribution in [0.15, 0.2) is 53.8 Å². The molecule has 1 aliphatic carbocycles. The van der Waals surface area contributed by atoms with Crippen molar-refractivity contribution in [3.05, 3.63) is 77.1 Å². The molecule has 0 bridgehead atoms. The van der Waals surface area contributed by atoms with Gasteiger partial charge in [0.05, 0.1) is 18.9 Å². The first-order valence-corrected chi connectivity index (χ1v) is 18.2. The molecule has 4 aliphatic rings. The van der Waals surface area contributed by atoms with Gasteiger partial charge in [0.1, 0.15) is 11.9 Å². The Hall–Kier alpha value is -3.85. The number of halogens is 2. The molecular formula is C41H58F2N4O3. The zero-order valence-electron chi connectivity index (χ0n) is 31.5. The summed E-state index contributed by atoms with van der Waals surface area (Å²) < 4.78 is 34.1. The lowest BCUT2D eigenvalue weighted by atomic mass is 9.87. The Labute approximate surface area is 298 Å². The van der Waals surface area contributed by atoms with E-state index in [1.165, 1.54) is 38.5 Å². The van der Waals surface area contributed by atoms with Gasteiger partial charge in [-0.2, -0.15) is 4.39 Å². The number of anilines is 1. The van der Waals surface area contributed by atoms with Gasteiger partial charge in [-0.05, 0) is 112 Å². The van der Waals surface area contributed by atoms with Crippen molar-refractivity contribution in [1.82, 2.24) is 10.2 Å². The van der Waals surface area contributed by atoms with Crippen LogP contribution in [0.1, 0.15) is 108 Å². The fraction of sp³-hybridized carbons (Fsp3) is 0.537. The third-order valence-electron chi connectivity index (χ3n) is 9.79. The maximum atomic E-state index is 14.9. The monoisotopic (exact) mass is 692 g/mol. The number of aryl methyl sites for hydroxylation is 1. The van der Waals surface area contributed by atoms with Crippen LogP contribution in [0.2, 0.25) is 0 Å². The van der Waals surface area contributed by atoms with E-state index in [4.69, 9.17) is 4.74 Å².